The summed E-state index contributed by atoms with van der Waals surface area (Å²) in [5, 5.41) is 6.22. The van der Waals surface area contributed by atoms with Gasteiger partial charge < -0.3 is 20.4 Å². The number of aromatic nitrogens is 1. The molecule has 9 nitrogen and oxygen atoms in total. The summed E-state index contributed by atoms with van der Waals surface area (Å²) in [4.78, 5) is 53.5. The molecule has 4 rings (SSSR count). The van der Waals surface area contributed by atoms with Crippen LogP contribution in [0.15, 0.2) is 54.7 Å². The molecule has 3 N–H and O–H groups in total. The normalized spacial score (nSPS) is 13.8. The van der Waals surface area contributed by atoms with Crippen molar-refractivity contribution in [1.29, 1.82) is 0 Å². The van der Waals surface area contributed by atoms with Crippen LogP contribution < -0.4 is 15.5 Å². The van der Waals surface area contributed by atoms with Gasteiger partial charge in [-0.3, -0.25) is 19.3 Å². The number of rotatable bonds is 6. The van der Waals surface area contributed by atoms with E-state index in [0.29, 0.717) is 11.4 Å². The van der Waals surface area contributed by atoms with Gasteiger partial charge in [0.2, 0.25) is 11.8 Å². The summed E-state index contributed by atoms with van der Waals surface area (Å²) in [5.74, 6) is -1.98. The average Bonchev–Trinajstić information content (AvgIpc) is 3.18. The molecule has 1 aliphatic rings. The highest BCUT2D eigenvalue weighted by Crippen LogP contribution is 2.28. The third-order valence-corrected chi connectivity index (χ3v) is 5.17. The molecule has 0 saturated heterocycles. The lowest BCUT2D eigenvalue weighted by Gasteiger charge is -2.29. The summed E-state index contributed by atoms with van der Waals surface area (Å²) in [5.41, 5.74) is 2.79. The zero-order valence-electron chi connectivity index (χ0n) is 17.4. The molecule has 0 spiro atoms. The summed E-state index contributed by atoms with van der Waals surface area (Å²) in [6, 6.07) is 13.5. The number of amides is 3. The number of H-pyrrole nitrogens is 1. The average molecular weight is 434 g/mol. The molecule has 0 radical (unpaired) electrons. The van der Waals surface area contributed by atoms with E-state index < -0.39 is 24.5 Å². The second kappa shape index (κ2) is 8.93. The van der Waals surface area contributed by atoms with Crippen molar-refractivity contribution in [1.82, 2.24) is 10.3 Å². The highest BCUT2D eigenvalue weighted by atomic mass is 16.5. The largest absolute Gasteiger partial charge is 0.454 e. The molecule has 0 fully saturated rings. The maximum absolute atomic E-state index is 12.7. The third-order valence-electron chi connectivity index (χ3n) is 5.17. The molecule has 0 bridgehead atoms. The van der Waals surface area contributed by atoms with Crippen LogP contribution in [0.3, 0.4) is 0 Å². The summed E-state index contributed by atoms with van der Waals surface area (Å²) >= 11 is 0. The fraction of sp³-hybridized carbons (Fsp3) is 0.217. The Hall–Kier alpha value is -4.14. The number of carbonyl (C=O) groups excluding carboxylic acids is 4. The molecular weight excluding hydrogens is 412 g/mol. The van der Waals surface area contributed by atoms with Crippen molar-refractivity contribution in [2.45, 2.75) is 19.4 Å². The molecule has 164 valence electrons. The molecule has 9 heteroatoms. The lowest BCUT2D eigenvalue weighted by molar-refractivity contribution is -0.151. The number of esters is 1. The number of nitrogens with zero attached hydrogens (tertiary/aromatic N) is 1. The van der Waals surface area contributed by atoms with Gasteiger partial charge >= 0.3 is 5.97 Å². The molecule has 32 heavy (non-hydrogen) atoms. The second-order valence-corrected chi connectivity index (χ2v) is 7.47. The summed E-state index contributed by atoms with van der Waals surface area (Å²) < 4.78 is 5.24. The van der Waals surface area contributed by atoms with Crippen LogP contribution in [-0.4, -0.2) is 47.9 Å². The van der Waals surface area contributed by atoms with E-state index in [4.69, 9.17) is 4.74 Å². The van der Waals surface area contributed by atoms with Crippen molar-refractivity contribution < 1.29 is 23.9 Å². The van der Waals surface area contributed by atoms with E-state index in [2.05, 4.69) is 15.6 Å². The Balaban J connectivity index is 1.45. The van der Waals surface area contributed by atoms with Crippen LogP contribution in [0.5, 0.6) is 0 Å². The van der Waals surface area contributed by atoms with E-state index in [0.717, 1.165) is 16.5 Å². The number of nitrogens with one attached hydrogen (secondary N) is 3. The topological polar surface area (TPSA) is 121 Å². The quantitative estimate of drug-likeness (QED) is 0.511. The summed E-state index contributed by atoms with van der Waals surface area (Å²) in [6.45, 7) is 0.589. The maximum atomic E-state index is 12.7. The molecular formula is C23H22N4O5. The van der Waals surface area contributed by atoms with E-state index in [9.17, 15) is 19.2 Å². The number of anilines is 2. The van der Waals surface area contributed by atoms with E-state index in [1.54, 1.807) is 30.5 Å². The van der Waals surface area contributed by atoms with Crippen LogP contribution in [0.2, 0.25) is 0 Å². The van der Waals surface area contributed by atoms with Crippen molar-refractivity contribution in [2.24, 2.45) is 0 Å². The van der Waals surface area contributed by atoms with E-state index >= 15 is 0 Å². The molecule has 3 aromatic rings. The van der Waals surface area contributed by atoms with Gasteiger partial charge in [0.1, 0.15) is 12.6 Å². The first kappa shape index (κ1) is 21.1. The standard InChI is InChI=1S/C23H22N4O5/c1-14(28)25-19(10-15-11-24-17-7-3-2-6-16(15)17)23(31)32-13-22(30)27-12-21(29)26-18-8-4-5-9-20(18)27/h2-9,11,19,24H,10,12-13H2,1H3,(H,25,28)(H,26,29)/t19-/m0/s1. The molecule has 1 atom stereocenters. The minimum absolute atomic E-state index is 0.169. The van der Waals surface area contributed by atoms with Crippen molar-refractivity contribution in [3.05, 3.63) is 60.3 Å². The Bertz CT molecular complexity index is 1200. The van der Waals surface area contributed by atoms with Crippen molar-refractivity contribution in [3.63, 3.8) is 0 Å². The number of hydrogen-bond donors (Lipinski definition) is 3. The molecule has 2 heterocycles. The number of hydrogen-bond acceptors (Lipinski definition) is 5. The van der Waals surface area contributed by atoms with Gasteiger partial charge in [0.05, 0.1) is 11.4 Å². The Morgan fingerprint density at radius 1 is 1.12 bits per heavy atom. The monoisotopic (exact) mass is 434 g/mol. The number of carbonyl (C=O) groups is 4. The number of para-hydroxylation sites is 3. The lowest BCUT2D eigenvalue weighted by Crippen LogP contribution is -2.46. The van der Waals surface area contributed by atoms with Crippen molar-refractivity contribution in [2.75, 3.05) is 23.4 Å². The minimum Gasteiger partial charge on any atom is -0.454 e. The van der Waals surface area contributed by atoms with Crippen LogP contribution in [0, 0.1) is 0 Å². The zero-order valence-corrected chi connectivity index (χ0v) is 17.4. The predicted octanol–water partition coefficient (Wildman–Crippen LogP) is 1.74. The summed E-state index contributed by atoms with van der Waals surface area (Å²) in [7, 11) is 0. The molecule has 0 aliphatic carbocycles. The minimum atomic E-state index is -0.962. The van der Waals surface area contributed by atoms with Crippen LogP contribution in [0.1, 0.15) is 12.5 Å². The molecule has 3 amide bonds. The molecule has 2 aromatic carbocycles. The number of ether oxygens (including phenoxy) is 1. The van der Waals surface area contributed by atoms with Gasteiger partial charge in [-0.2, -0.15) is 0 Å². The first-order chi connectivity index (χ1) is 15.4. The Labute approximate surface area is 183 Å². The predicted molar refractivity (Wildman–Crippen MR) is 118 cm³/mol. The fourth-order valence-corrected chi connectivity index (χ4v) is 3.73. The zero-order chi connectivity index (χ0) is 22.7. The van der Waals surface area contributed by atoms with Crippen molar-refractivity contribution >= 4 is 46.0 Å². The number of aromatic amines is 1. The Morgan fingerprint density at radius 3 is 2.69 bits per heavy atom. The van der Waals surface area contributed by atoms with Gasteiger partial charge in [0, 0.05) is 30.4 Å². The summed E-state index contributed by atoms with van der Waals surface area (Å²) in [6.07, 6.45) is 1.98. The SMILES string of the molecule is CC(=O)N[C@@H](Cc1c[nH]c2ccccc12)C(=O)OCC(=O)N1CC(=O)Nc2ccccc21. The third kappa shape index (κ3) is 4.46. The van der Waals surface area contributed by atoms with Gasteiger partial charge in [-0.05, 0) is 23.8 Å². The first-order valence-electron chi connectivity index (χ1n) is 10.1. The number of benzene rings is 2. The van der Waals surface area contributed by atoms with Crippen molar-refractivity contribution in [3.8, 4) is 0 Å². The Kier molecular flexibility index (Phi) is 5.89. The fourth-order valence-electron chi connectivity index (χ4n) is 3.73. The number of fused-ring (bicyclic) bond motifs is 2. The van der Waals surface area contributed by atoms with E-state index in [-0.39, 0.29) is 24.8 Å². The molecule has 0 unspecified atom stereocenters. The van der Waals surface area contributed by atoms with E-state index in [1.165, 1.54) is 11.8 Å². The highest BCUT2D eigenvalue weighted by Gasteiger charge is 2.29. The van der Waals surface area contributed by atoms with Gasteiger partial charge in [-0.15, -0.1) is 0 Å². The van der Waals surface area contributed by atoms with Crippen LogP contribution in [0.4, 0.5) is 11.4 Å². The lowest BCUT2D eigenvalue weighted by atomic mass is 10.0. The highest BCUT2D eigenvalue weighted by molar-refractivity contribution is 6.10. The van der Waals surface area contributed by atoms with E-state index in [1.807, 2.05) is 24.3 Å². The maximum Gasteiger partial charge on any atom is 0.329 e. The van der Waals surface area contributed by atoms with Crippen LogP contribution >= 0.6 is 0 Å². The molecule has 1 aromatic heterocycles. The van der Waals surface area contributed by atoms with Crippen LogP contribution in [0.25, 0.3) is 10.9 Å². The molecule has 0 saturated carbocycles. The second-order valence-electron chi connectivity index (χ2n) is 7.47. The van der Waals surface area contributed by atoms with Gasteiger partial charge in [0.25, 0.3) is 5.91 Å². The van der Waals surface area contributed by atoms with Gasteiger partial charge in [0.15, 0.2) is 6.61 Å². The smallest absolute Gasteiger partial charge is 0.329 e. The molecule has 1 aliphatic heterocycles. The Morgan fingerprint density at radius 2 is 1.88 bits per heavy atom. The first-order valence-corrected chi connectivity index (χ1v) is 10.1. The van der Waals surface area contributed by atoms with Gasteiger partial charge in [-0.1, -0.05) is 30.3 Å². The van der Waals surface area contributed by atoms with Gasteiger partial charge in [-0.25, -0.2) is 4.79 Å². The van der Waals surface area contributed by atoms with Crippen LogP contribution in [-0.2, 0) is 30.3 Å².